The molecule has 3 aromatic rings. The molecule has 2 aromatic carbocycles. The fourth-order valence-electron chi connectivity index (χ4n) is 4.71. The molecule has 1 aromatic heterocycles. The number of fused-ring (bicyclic) bond motifs is 1. The lowest BCUT2D eigenvalue weighted by atomic mass is 9.88. The summed E-state index contributed by atoms with van der Waals surface area (Å²) < 4.78 is 16.2. The van der Waals surface area contributed by atoms with E-state index in [0.717, 1.165) is 37.0 Å². The van der Waals surface area contributed by atoms with Crippen molar-refractivity contribution in [2.45, 2.75) is 25.7 Å². The van der Waals surface area contributed by atoms with Crippen LogP contribution < -0.4 is 14.2 Å². The molecule has 0 spiro atoms. The number of aromatic nitrogens is 1. The highest BCUT2D eigenvalue weighted by Crippen LogP contribution is 2.39. The number of H-pyrrole nitrogens is 1. The first-order valence-electron chi connectivity index (χ1n) is 10.9. The largest absolute Gasteiger partial charge is 0.493 e. The summed E-state index contributed by atoms with van der Waals surface area (Å²) in [5.74, 6) is 2.00. The molecule has 4 rings (SSSR count). The zero-order valence-corrected chi connectivity index (χ0v) is 19.1. The third-order valence-corrected chi connectivity index (χ3v) is 6.19. The minimum atomic E-state index is 0.0148. The van der Waals surface area contributed by atoms with Gasteiger partial charge < -0.3 is 24.1 Å². The van der Waals surface area contributed by atoms with E-state index >= 15 is 0 Å². The lowest BCUT2D eigenvalue weighted by Gasteiger charge is -2.32. The Kier molecular flexibility index (Phi) is 6.40. The van der Waals surface area contributed by atoms with Crippen molar-refractivity contribution in [1.82, 2.24) is 9.88 Å². The maximum Gasteiger partial charge on any atom is 0.246 e. The van der Waals surface area contributed by atoms with Gasteiger partial charge in [-0.15, -0.1) is 0 Å². The van der Waals surface area contributed by atoms with E-state index in [1.54, 1.807) is 33.5 Å². The molecule has 168 valence electrons. The summed E-state index contributed by atoms with van der Waals surface area (Å²) in [6.45, 7) is 3.62. The number of methoxy groups -OCH3 is 3. The molecular weight excluding hydrogens is 404 g/mol. The number of hydrogen-bond donors (Lipinski definition) is 1. The monoisotopic (exact) mass is 434 g/mol. The molecule has 6 heteroatoms. The van der Waals surface area contributed by atoms with E-state index in [1.807, 2.05) is 23.1 Å². The van der Waals surface area contributed by atoms with E-state index in [-0.39, 0.29) is 5.91 Å². The second kappa shape index (κ2) is 9.39. The van der Waals surface area contributed by atoms with Crippen LogP contribution in [0.5, 0.6) is 17.2 Å². The minimum absolute atomic E-state index is 0.0148. The summed E-state index contributed by atoms with van der Waals surface area (Å²) in [7, 11) is 4.73. The second-order valence-corrected chi connectivity index (χ2v) is 8.12. The van der Waals surface area contributed by atoms with Crippen molar-refractivity contribution in [2.24, 2.45) is 0 Å². The molecule has 0 bridgehead atoms. The van der Waals surface area contributed by atoms with Crippen molar-refractivity contribution in [3.8, 4) is 17.2 Å². The number of aryl methyl sites for hydroxylation is 1. The Morgan fingerprint density at radius 1 is 1.09 bits per heavy atom. The number of piperidine rings is 1. The lowest BCUT2D eigenvalue weighted by molar-refractivity contribution is -0.127. The van der Waals surface area contributed by atoms with Gasteiger partial charge in [0, 0.05) is 41.7 Å². The number of aromatic amines is 1. The first kappa shape index (κ1) is 21.8. The quantitative estimate of drug-likeness (QED) is 0.559. The smallest absolute Gasteiger partial charge is 0.246 e. The van der Waals surface area contributed by atoms with Gasteiger partial charge in [0.25, 0.3) is 0 Å². The normalized spacial score (nSPS) is 16.5. The van der Waals surface area contributed by atoms with Crippen LogP contribution in [0.4, 0.5) is 0 Å². The number of benzene rings is 2. The standard InChI is InChI=1S/C26H30N2O4/c1-17-25(20-9-5-6-10-21(20)27-17)19-8-7-13-28(16-19)24(29)12-11-18-14-22(30-2)26(32-4)23(15-18)31-3/h5-6,9-12,14-15,19,27H,7-8,13,16H2,1-4H3/b12-11+. The topological polar surface area (TPSA) is 63.8 Å². The fourth-order valence-corrected chi connectivity index (χ4v) is 4.71. The average molecular weight is 435 g/mol. The number of nitrogens with one attached hydrogen (secondary N) is 1. The first-order chi connectivity index (χ1) is 15.5. The fraction of sp³-hybridized carbons (Fsp3) is 0.346. The van der Waals surface area contributed by atoms with Gasteiger partial charge in [-0.1, -0.05) is 18.2 Å². The number of likely N-dealkylation sites (tertiary alicyclic amines) is 1. The van der Waals surface area contributed by atoms with E-state index in [4.69, 9.17) is 14.2 Å². The molecular formula is C26H30N2O4. The van der Waals surface area contributed by atoms with E-state index in [9.17, 15) is 4.79 Å². The molecule has 1 aliphatic rings. The molecule has 0 radical (unpaired) electrons. The van der Waals surface area contributed by atoms with E-state index in [1.165, 1.54) is 16.6 Å². The van der Waals surface area contributed by atoms with Gasteiger partial charge in [0.1, 0.15) is 0 Å². The summed E-state index contributed by atoms with van der Waals surface area (Å²) in [5.41, 5.74) is 4.50. The van der Waals surface area contributed by atoms with E-state index in [2.05, 4.69) is 30.1 Å². The number of hydrogen-bond acceptors (Lipinski definition) is 4. The molecule has 1 fully saturated rings. The predicted molar refractivity (Wildman–Crippen MR) is 127 cm³/mol. The summed E-state index contributed by atoms with van der Waals surface area (Å²) in [4.78, 5) is 18.5. The average Bonchev–Trinajstić information content (AvgIpc) is 3.17. The summed E-state index contributed by atoms with van der Waals surface area (Å²) in [6.07, 6.45) is 5.51. The van der Waals surface area contributed by atoms with Gasteiger partial charge in [-0.25, -0.2) is 0 Å². The molecule has 1 atom stereocenters. The molecule has 0 saturated carbocycles. The van der Waals surface area contributed by atoms with Crippen LogP contribution in [0.3, 0.4) is 0 Å². The zero-order chi connectivity index (χ0) is 22.7. The Morgan fingerprint density at radius 2 is 1.81 bits per heavy atom. The van der Waals surface area contributed by atoms with Gasteiger partial charge in [0.05, 0.1) is 21.3 Å². The molecule has 2 heterocycles. The number of rotatable bonds is 6. The Morgan fingerprint density at radius 3 is 2.50 bits per heavy atom. The van der Waals surface area contributed by atoms with Crippen LogP contribution >= 0.6 is 0 Å². The molecule has 1 N–H and O–H groups in total. The van der Waals surface area contributed by atoms with Crippen LogP contribution in [0.2, 0.25) is 0 Å². The van der Waals surface area contributed by atoms with Crippen molar-refractivity contribution in [1.29, 1.82) is 0 Å². The van der Waals surface area contributed by atoms with Gasteiger partial charge in [-0.2, -0.15) is 0 Å². The van der Waals surface area contributed by atoms with Gasteiger partial charge in [-0.05, 0) is 55.2 Å². The summed E-state index contributed by atoms with van der Waals surface area (Å²) in [6, 6.07) is 12.1. The van der Waals surface area contributed by atoms with Crippen molar-refractivity contribution in [3.63, 3.8) is 0 Å². The summed E-state index contributed by atoms with van der Waals surface area (Å²) in [5, 5.41) is 1.26. The van der Waals surface area contributed by atoms with Crippen LogP contribution in [0.25, 0.3) is 17.0 Å². The Labute approximate surface area is 188 Å². The number of carbonyl (C=O) groups excluding carboxylic acids is 1. The maximum atomic E-state index is 13.0. The molecule has 1 unspecified atom stereocenters. The second-order valence-electron chi connectivity index (χ2n) is 8.12. The number of carbonyl (C=O) groups is 1. The number of nitrogens with zero attached hydrogens (tertiary/aromatic N) is 1. The molecule has 0 aliphatic carbocycles. The van der Waals surface area contributed by atoms with Crippen molar-refractivity contribution in [3.05, 3.63) is 59.3 Å². The van der Waals surface area contributed by atoms with Gasteiger partial charge in [0.15, 0.2) is 11.5 Å². The van der Waals surface area contributed by atoms with Gasteiger partial charge in [0.2, 0.25) is 11.7 Å². The number of amides is 1. The molecule has 1 saturated heterocycles. The van der Waals surface area contributed by atoms with Gasteiger partial charge in [-0.3, -0.25) is 4.79 Å². The highest BCUT2D eigenvalue weighted by Gasteiger charge is 2.27. The Bertz CT molecular complexity index is 1120. The molecule has 6 nitrogen and oxygen atoms in total. The molecule has 1 amide bonds. The first-order valence-corrected chi connectivity index (χ1v) is 10.9. The van der Waals surface area contributed by atoms with Gasteiger partial charge >= 0.3 is 0 Å². The maximum absolute atomic E-state index is 13.0. The van der Waals surface area contributed by atoms with Crippen LogP contribution in [0, 0.1) is 6.92 Å². The van der Waals surface area contributed by atoms with Crippen LogP contribution in [0.1, 0.15) is 35.6 Å². The van der Waals surface area contributed by atoms with E-state index < -0.39 is 0 Å². The third kappa shape index (κ3) is 4.17. The minimum Gasteiger partial charge on any atom is -0.493 e. The Hall–Kier alpha value is -3.41. The SMILES string of the molecule is COc1cc(/C=C/C(=O)N2CCCC(c3c(C)[nH]c4ccccc34)C2)cc(OC)c1OC. The van der Waals surface area contributed by atoms with Crippen LogP contribution in [0.15, 0.2) is 42.5 Å². The van der Waals surface area contributed by atoms with E-state index in [0.29, 0.717) is 23.2 Å². The highest BCUT2D eigenvalue weighted by molar-refractivity contribution is 5.92. The lowest BCUT2D eigenvalue weighted by Crippen LogP contribution is -2.38. The Balaban J connectivity index is 1.53. The third-order valence-electron chi connectivity index (χ3n) is 6.19. The number of ether oxygens (including phenoxy) is 3. The van der Waals surface area contributed by atoms with Crippen LogP contribution in [-0.2, 0) is 4.79 Å². The molecule has 1 aliphatic heterocycles. The predicted octanol–water partition coefficient (Wildman–Crippen LogP) is 4.92. The molecule has 32 heavy (non-hydrogen) atoms. The van der Waals surface area contributed by atoms with Crippen molar-refractivity contribution in [2.75, 3.05) is 34.4 Å². The van der Waals surface area contributed by atoms with Crippen LogP contribution in [-0.4, -0.2) is 50.2 Å². The van der Waals surface area contributed by atoms with Crippen molar-refractivity contribution < 1.29 is 19.0 Å². The zero-order valence-electron chi connectivity index (χ0n) is 19.1. The number of para-hydroxylation sites is 1. The summed E-state index contributed by atoms with van der Waals surface area (Å²) >= 11 is 0. The highest BCUT2D eigenvalue weighted by atomic mass is 16.5. The van der Waals surface area contributed by atoms with Crippen molar-refractivity contribution >= 4 is 22.9 Å².